The Morgan fingerprint density at radius 1 is 0.537 bits per heavy atom. The van der Waals surface area contributed by atoms with Crippen molar-refractivity contribution in [2.45, 2.75) is 249 Å². The van der Waals surface area contributed by atoms with E-state index >= 15 is 0 Å². The van der Waals surface area contributed by atoms with Crippen LogP contribution < -0.4 is 5.32 Å². The van der Waals surface area contributed by atoms with Crippen LogP contribution in [0, 0.1) is 0 Å². The number of aliphatic hydroxyl groups is 5. The number of ether oxygens (including phenoxy) is 2. The zero-order chi connectivity index (χ0) is 48.7. The van der Waals surface area contributed by atoms with E-state index in [0.29, 0.717) is 6.42 Å². The van der Waals surface area contributed by atoms with Gasteiger partial charge >= 0.3 is 0 Å². The molecule has 1 rings (SSSR count). The minimum atomic E-state index is -1.58. The number of nitrogens with one attached hydrogen (secondary N) is 1. The van der Waals surface area contributed by atoms with Crippen molar-refractivity contribution in [1.29, 1.82) is 0 Å². The maximum Gasteiger partial charge on any atom is 0.220 e. The molecule has 1 heterocycles. The molecular weight excluding hydrogens is 839 g/mol. The molecule has 0 aromatic rings. The first-order valence-corrected chi connectivity index (χ1v) is 26.9. The fourth-order valence-electron chi connectivity index (χ4n) is 7.99. The highest BCUT2D eigenvalue weighted by Gasteiger charge is 2.44. The average Bonchev–Trinajstić information content (AvgIpc) is 3.33. The van der Waals surface area contributed by atoms with Gasteiger partial charge in [-0.25, -0.2) is 0 Å². The average molecular weight is 938 g/mol. The predicted molar refractivity (Wildman–Crippen MR) is 281 cm³/mol. The number of carbonyl (C=O) groups is 1. The van der Waals surface area contributed by atoms with E-state index in [4.69, 9.17) is 9.47 Å². The molecule has 7 atom stereocenters. The predicted octanol–water partition coefficient (Wildman–Crippen LogP) is 12.8. The zero-order valence-electron chi connectivity index (χ0n) is 42.4. The monoisotopic (exact) mass is 938 g/mol. The first-order chi connectivity index (χ1) is 32.8. The summed E-state index contributed by atoms with van der Waals surface area (Å²) >= 11 is 0. The Balaban J connectivity index is 2.08. The van der Waals surface area contributed by atoms with Crippen molar-refractivity contribution < 1.29 is 39.8 Å². The summed E-state index contributed by atoms with van der Waals surface area (Å²) in [5.41, 5.74) is 0. The van der Waals surface area contributed by atoms with Gasteiger partial charge in [-0.2, -0.15) is 0 Å². The quantitative estimate of drug-likeness (QED) is 0.0261. The summed E-state index contributed by atoms with van der Waals surface area (Å²) in [6, 6.07) is -0.829. The Bertz CT molecular complexity index is 1370. The van der Waals surface area contributed by atoms with E-state index in [2.05, 4.69) is 91.2 Å². The summed E-state index contributed by atoms with van der Waals surface area (Å²) in [6.07, 6.45) is 60.9. The van der Waals surface area contributed by atoms with Crippen LogP contribution in [0.3, 0.4) is 0 Å². The van der Waals surface area contributed by atoms with Crippen LogP contribution in [0.15, 0.2) is 97.2 Å². The van der Waals surface area contributed by atoms with E-state index in [0.717, 1.165) is 77.0 Å². The van der Waals surface area contributed by atoms with Gasteiger partial charge in [0.2, 0.25) is 5.91 Å². The van der Waals surface area contributed by atoms with E-state index < -0.39 is 49.5 Å². The second-order valence-corrected chi connectivity index (χ2v) is 18.3. The van der Waals surface area contributed by atoms with Crippen molar-refractivity contribution in [3.63, 3.8) is 0 Å². The molecule has 1 fully saturated rings. The molecule has 9 nitrogen and oxygen atoms in total. The van der Waals surface area contributed by atoms with Crippen LogP contribution in [0.5, 0.6) is 0 Å². The molecule has 1 amide bonds. The summed E-state index contributed by atoms with van der Waals surface area (Å²) < 4.78 is 11.2. The Kier molecular flexibility index (Phi) is 43.4. The molecule has 6 N–H and O–H groups in total. The number of hydrogen-bond acceptors (Lipinski definition) is 8. The molecular formula is C58H99NO8. The molecule has 0 saturated carbocycles. The number of rotatable bonds is 44. The molecule has 1 saturated heterocycles. The molecule has 1 aliphatic rings. The Morgan fingerprint density at radius 2 is 0.955 bits per heavy atom. The van der Waals surface area contributed by atoms with Crippen LogP contribution >= 0.6 is 0 Å². The molecule has 0 radical (unpaired) electrons. The third-order valence-corrected chi connectivity index (χ3v) is 12.2. The van der Waals surface area contributed by atoms with Crippen LogP contribution in [0.1, 0.15) is 206 Å². The summed E-state index contributed by atoms with van der Waals surface area (Å²) in [5.74, 6) is -0.196. The highest BCUT2D eigenvalue weighted by Crippen LogP contribution is 2.23. The van der Waals surface area contributed by atoms with Crippen molar-refractivity contribution >= 4 is 5.91 Å². The third kappa shape index (κ3) is 36.7. The van der Waals surface area contributed by atoms with Crippen LogP contribution in [0.25, 0.3) is 0 Å². The number of unbranched alkanes of at least 4 members (excludes halogenated alkanes) is 21. The van der Waals surface area contributed by atoms with E-state index in [9.17, 15) is 30.3 Å². The number of hydrogen-bond donors (Lipinski definition) is 6. The summed E-state index contributed by atoms with van der Waals surface area (Å²) in [4.78, 5) is 13.0. The summed E-state index contributed by atoms with van der Waals surface area (Å²) in [7, 11) is 0. The molecule has 0 aliphatic carbocycles. The SMILES string of the molecule is C/C=C/CC/C=C/CC/C=C/C(O)C(COC1OC(CO)C(O)C(O)C1O)NC(=O)CCCCCCCCCCCCCCCCCCCCC/C=C\C/C=C\C/C=C\C/C=C\C/C=C\CC. The van der Waals surface area contributed by atoms with Crippen molar-refractivity contribution in [3.05, 3.63) is 97.2 Å². The maximum atomic E-state index is 13.0. The van der Waals surface area contributed by atoms with Gasteiger partial charge in [0.15, 0.2) is 6.29 Å². The van der Waals surface area contributed by atoms with Gasteiger partial charge in [-0.3, -0.25) is 4.79 Å². The van der Waals surface area contributed by atoms with Crippen LogP contribution in [0.2, 0.25) is 0 Å². The van der Waals surface area contributed by atoms with E-state index in [1.54, 1.807) is 6.08 Å². The van der Waals surface area contributed by atoms with Gasteiger partial charge in [-0.05, 0) is 84.0 Å². The lowest BCUT2D eigenvalue weighted by atomic mass is 9.99. The van der Waals surface area contributed by atoms with E-state index in [1.807, 2.05) is 19.1 Å². The second-order valence-electron chi connectivity index (χ2n) is 18.3. The number of carbonyl (C=O) groups excluding carboxylic acids is 1. The van der Waals surface area contributed by atoms with E-state index in [-0.39, 0.29) is 12.5 Å². The molecule has 9 heteroatoms. The van der Waals surface area contributed by atoms with Crippen molar-refractivity contribution in [2.75, 3.05) is 13.2 Å². The molecule has 0 aromatic carbocycles. The van der Waals surface area contributed by atoms with Gasteiger partial charge in [0.05, 0.1) is 25.4 Å². The normalized spacial score (nSPS) is 20.5. The lowest BCUT2D eigenvalue weighted by Crippen LogP contribution is -2.60. The minimum absolute atomic E-state index is 0.196. The van der Waals surface area contributed by atoms with Gasteiger partial charge in [0, 0.05) is 6.42 Å². The first-order valence-electron chi connectivity index (χ1n) is 26.9. The fourth-order valence-corrected chi connectivity index (χ4v) is 7.99. The van der Waals surface area contributed by atoms with Gasteiger partial charge < -0.3 is 40.3 Å². The highest BCUT2D eigenvalue weighted by atomic mass is 16.7. The van der Waals surface area contributed by atoms with Crippen molar-refractivity contribution in [2.24, 2.45) is 0 Å². The van der Waals surface area contributed by atoms with E-state index in [1.165, 1.54) is 109 Å². The number of amides is 1. The van der Waals surface area contributed by atoms with Crippen LogP contribution in [-0.2, 0) is 14.3 Å². The number of aliphatic hydroxyl groups excluding tert-OH is 5. The Labute approximate surface area is 409 Å². The molecule has 7 unspecified atom stereocenters. The van der Waals surface area contributed by atoms with Crippen molar-refractivity contribution in [3.8, 4) is 0 Å². The molecule has 0 spiro atoms. The fraction of sp³-hybridized carbons (Fsp3) is 0.707. The number of allylic oxidation sites excluding steroid dienone is 15. The molecule has 0 aromatic heterocycles. The lowest BCUT2D eigenvalue weighted by molar-refractivity contribution is -0.302. The highest BCUT2D eigenvalue weighted by molar-refractivity contribution is 5.76. The first kappa shape index (κ1) is 62.1. The van der Waals surface area contributed by atoms with Gasteiger partial charge in [-0.1, -0.05) is 213 Å². The van der Waals surface area contributed by atoms with Crippen molar-refractivity contribution in [1.82, 2.24) is 5.32 Å². The smallest absolute Gasteiger partial charge is 0.220 e. The Hall–Kier alpha value is -2.89. The maximum absolute atomic E-state index is 13.0. The zero-order valence-corrected chi connectivity index (χ0v) is 42.4. The molecule has 0 bridgehead atoms. The second kappa shape index (κ2) is 46.8. The van der Waals surface area contributed by atoms with Gasteiger partial charge in [0.1, 0.15) is 24.4 Å². The Morgan fingerprint density at radius 3 is 1.43 bits per heavy atom. The largest absolute Gasteiger partial charge is 0.394 e. The topological polar surface area (TPSA) is 149 Å². The lowest BCUT2D eigenvalue weighted by Gasteiger charge is -2.40. The molecule has 67 heavy (non-hydrogen) atoms. The van der Waals surface area contributed by atoms with Gasteiger partial charge in [0.25, 0.3) is 0 Å². The minimum Gasteiger partial charge on any atom is -0.394 e. The summed E-state index contributed by atoms with van der Waals surface area (Å²) in [6.45, 7) is 3.39. The molecule has 384 valence electrons. The van der Waals surface area contributed by atoms with Gasteiger partial charge in [-0.15, -0.1) is 0 Å². The standard InChI is InChI=1S/C58H99NO8/c1-3-5-7-9-11-13-14-15-16-17-18-19-20-21-22-23-24-25-26-27-28-29-30-31-32-33-34-35-36-37-38-40-42-44-46-48-54(62)59-51(52(61)47-45-43-41-39-12-10-8-6-4-2)50-66-58-57(65)56(64)55(63)53(49-60)67-58/h4-7,11-13,15-16,18-19,21-22,39,45,47,51-53,55-58,60-61,63-65H,3,8-10,14,17,20,23-38,40-44,46,48-50H2,1-2H3,(H,59,62)/b6-4+,7-5-,13-11-,16-15-,19-18-,22-21-,39-12+,47-45+. The molecule has 1 aliphatic heterocycles. The van der Waals surface area contributed by atoms with Crippen LogP contribution in [0.4, 0.5) is 0 Å². The summed E-state index contributed by atoms with van der Waals surface area (Å²) in [5, 5.41) is 54.1. The third-order valence-electron chi connectivity index (χ3n) is 12.2. The van der Waals surface area contributed by atoms with Crippen LogP contribution in [-0.4, -0.2) is 87.5 Å².